The zero-order valence-electron chi connectivity index (χ0n) is 19.9. The van der Waals surface area contributed by atoms with Crippen LogP contribution >= 0.6 is 11.3 Å². The first-order valence-electron chi connectivity index (χ1n) is 11.7. The first-order chi connectivity index (χ1) is 16.6. The van der Waals surface area contributed by atoms with Gasteiger partial charge in [-0.05, 0) is 62.0 Å². The van der Waals surface area contributed by atoms with Crippen LogP contribution in [0.3, 0.4) is 0 Å². The summed E-state index contributed by atoms with van der Waals surface area (Å²) in [7, 11) is 0. The largest absolute Gasteiger partial charge is 0.494 e. The molecule has 0 aliphatic rings. The Balaban J connectivity index is 1.51. The van der Waals surface area contributed by atoms with Gasteiger partial charge in [-0.3, -0.25) is 4.79 Å². The van der Waals surface area contributed by atoms with Crippen LogP contribution in [0.4, 0.5) is 0 Å². The Labute approximate surface area is 203 Å². The summed E-state index contributed by atoms with van der Waals surface area (Å²) in [6, 6.07) is 15.7. The molecule has 0 spiro atoms. The highest BCUT2D eigenvalue weighted by atomic mass is 32.1. The summed E-state index contributed by atoms with van der Waals surface area (Å²) in [6.07, 6.45) is 0.412. The highest BCUT2D eigenvalue weighted by Gasteiger charge is 2.13. The molecule has 0 radical (unpaired) electrons. The van der Waals surface area contributed by atoms with Crippen molar-refractivity contribution in [1.82, 2.24) is 19.5 Å². The number of hydrogen-bond acceptors (Lipinski definition) is 7. The molecule has 2 heterocycles. The summed E-state index contributed by atoms with van der Waals surface area (Å²) >= 11 is 1.41. The second kappa shape index (κ2) is 11.3. The maximum atomic E-state index is 12.6. The molecule has 178 valence electrons. The van der Waals surface area contributed by atoms with Crippen molar-refractivity contribution < 1.29 is 9.47 Å². The third-order valence-electron chi connectivity index (χ3n) is 5.68. The van der Waals surface area contributed by atoms with E-state index in [9.17, 15) is 4.79 Å². The fraction of sp³-hybridized carbons (Fsp3) is 0.346. The van der Waals surface area contributed by atoms with Gasteiger partial charge in [-0.2, -0.15) is 10.1 Å². The third kappa shape index (κ3) is 5.63. The molecule has 8 heteroatoms. The van der Waals surface area contributed by atoms with E-state index >= 15 is 0 Å². The normalized spacial score (nSPS) is 11.3. The van der Waals surface area contributed by atoms with E-state index in [1.165, 1.54) is 11.3 Å². The number of aromatic nitrogens is 3. The van der Waals surface area contributed by atoms with Gasteiger partial charge in [-0.1, -0.05) is 26.0 Å². The molecule has 4 rings (SSSR count). The van der Waals surface area contributed by atoms with Crippen molar-refractivity contribution in [3.63, 3.8) is 0 Å². The molecule has 0 bridgehead atoms. The van der Waals surface area contributed by atoms with Crippen molar-refractivity contribution in [3.8, 4) is 22.8 Å². The molecule has 2 aromatic heterocycles. The van der Waals surface area contributed by atoms with Crippen LogP contribution in [-0.2, 0) is 6.42 Å². The molecule has 0 unspecified atom stereocenters. The second-order valence-electron chi connectivity index (χ2n) is 7.83. The van der Waals surface area contributed by atoms with Gasteiger partial charge in [0, 0.05) is 23.9 Å². The van der Waals surface area contributed by atoms with Gasteiger partial charge in [-0.15, -0.1) is 11.3 Å². The summed E-state index contributed by atoms with van der Waals surface area (Å²) in [5, 5.41) is 6.64. The van der Waals surface area contributed by atoms with Gasteiger partial charge in [0.15, 0.2) is 0 Å². The first kappa shape index (κ1) is 23.9. The van der Waals surface area contributed by atoms with Crippen LogP contribution in [0.1, 0.15) is 32.0 Å². The van der Waals surface area contributed by atoms with Gasteiger partial charge in [0.2, 0.25) is 4.96 Å². The summed E-state index contributed by atoms with van der Waals surface area (Å²) in [4.78, 5) is 19.7. The van der Waals surface area contributed by atoms with Gasteiger partial charge >= 0.3 is 0 Å². The first-order valence-corrected chi connectivity index (χ1v) is 12.5. The highest BCUT2D eigenvalue weighted by Crippen LogP contribution is 2.26. The van der Waals surface area contributed by atoms with Crippen molar-refractivity contribution in [2.75, 3.05) is 32.8 Å². The van der Waals surface area contributed by atoms with Crippen molar-refractivity contribution in [1.29, 1.82) is 0 Å². The zero-order valence-corrected chi connectivity index (χ0v) is 20.7. The quantitative estimate of drug-likeness (QED) is 0.316. The lowest BCUT2D eigenvalue weighted by Gasteiger charge is -2.18. The molecule has 4 aromatic rings. The van der Waals surface area contributed by atoms with Gasteiger partial charge in [0.1, 0.15) is 23.8 Å². The summed E-state index contributed by atoms with van der Waals surface area (Å²) in [5.41, 5.74) is 3.00. The van der Waals surface area contributed by atoms with Crippen LogP contribution in [0, 0.1) is 0 Å². The zero-order chi connectivity index (χ0) is 23.9. The fourth-order valence-corrected chi connectivity index (χ4v) is 4.54. The lowest BCUT2D eigenvalue weighted by molar-refractivity contribution is 0.223. The Morgan fingerprint density at radius 2 is 1.62 bits per heavy atom. The van der Waals surface area contributed by atoms with E-state index < -0.39 is 0 Å². The van der Waals surface area contributed by atoms with Crippen LogP contribution < -0.4 is 15.0 Å². The van der Waals surface area contributed by atoms with E-state index in [4.69, 9.17) is 9.47 Å². The number of likely N-dealkylation sites (N-methyl/N-ethyl adjacent to an activating group) is 1. The average Bonchev–Trinajstić information content (AvgIpc) is 3.26. The number of benzene rings is 2. The Kier molecular flexibility index (Phi) is 7.92. The molecule has 0 saturated carbocycles. The minimum absolute atomic E-state index is 0.292. The lowest BCUT2D eigenvalue weighted by atomic mass is 10.1. The summed E-state index contributed by atoms with van der Waals surface area (Å²) in [5.74, 6) is 1.65. The predicted molar refractivity (Wildman–Crippen MR) is 136 cm³/mol. The van der Waals surface area contributed by atoms with E-state index in [2.05, 4.69) is 28.8 Å². The monoisotopic (exact) mass is 478 g/mol. The molecule has 34 heavy (non-hydrogen) atoms. The molecule has 0 fully saturated rings. The van der Waals surface area contributed by atoms with Crippen LogP contribution in [0.5, 0.6) is 11.5 Å². The van der Waals surface area contributed by atoms with Crippen molar-refractivity contribution >= 4 is 16.3 Å². The maximum absolute atomic E-state index is 12.6. The molecule has 0 amide bonds. The Morgan fingerprint density at radius 1 is 0.941 bits per heavy atom. The second-order valence-corrected chi connectivity index (χ2v) is 8.67. The van der Waals surface area contributed by atoms with Crippen molar-refractivity contribution in [2.24, 2.45) is 0 Å². The number of ether oxygens (including phenoxy) is 2. The molecule has 7 nitrogen and oxygen atoms in total. The van der Waals surface area contributed by atoms with Crippen LogP contribution in [-0.4, -0.2) is 52.3 Å². The standard InChI is InChI=1S/C26H30N4O3S/c1-4-29(5-2)15-16-33-22-13-9-20(10-14-22)24-18-34-26-27-25(31)23(28-30(24)26)17-19-7-11-21(12-8-19)32-6-3/h7-14,18H,4-6,15-17H2,1-3H3. The molecule has 0 aliphatic heterocycles. The Morgan fingerprint density at radius 3 is 2.29 bits per heavy atom. The maximum Gasteiger partial charge on any atom is 0.296 e. The number of nitrogens with zero attached hydrogens (tertiary/aromatic N) is 4. The van der Waals surface area contributed by atoms with E-state index in [1.807, 2.05) is 60.8 Å². The molecular weight excluding hydrogens is 448 g/mol. The van der Waals surface area contributed by atoms with Gasteiger partial charge in [-0.25, -0.2) is 4.52 Å². The van der Waals surface area contributed by atoms with E-state index in [1.54, 1.807) is 4.52 Å². The van der Waals surface area contributed by atoms with Gasteiger partial charge < -0.3 is 14.4 Å². The molecule has 0 N–H and O–H groups in total. The number of fused-ring (bicyclic) bond motifs is 1. The topological polar surface area (TPSA) is 69.0 Å². The van der Waals surface area contributed by atoms with E-state index in [-0.39, 0.29) is 5.56 Å². The average molecular weight is 479 g/mol. The SMILES string of the molecule is CCOc1ccc(Cc2nn3c(-c4ccc(OCCN(CC)CC)cc4)csc3nc2=O)cc1. The fourth-order valence-electron chi connectivity index (χ4n) is 3.72. The van der Waals surface area contributed by atoms with Crippen molar-refractivity contribution in [2.45, 2.75) is 27.2 Å². The van der Waals surface area contributed by atoms with Crippen molar-refractivity contribution in [3.05, 3.63) is 75.5 Å². The van der Waals surface area contributed by atoms with Gasteiger partial charge in [0.25, 0.3) is 5.56 Å². The summed E-state index contributed by atoms with van der Waals surface area (Å²) < 4.78 is 13.2. The van der Waals surface area contributed by atoms with E-state index in [0.29, 0.717) is 30.3 Å². The van der Waals surface area contributed by atoms with Crippen LogP contribution in [0.25, 0.3) is 16.2 Å². The molecule has 0 atom stereocenters. The van der Waals surface area contributed by atoms with Crippen LogP contribution in [0.2, 0.25) is 0 Å². The molecule has 2 aromatic carbocycles. The highest BCUT2D eigenvalue weighted by molar-refractivity contribution is 7.15. The number of rotatable bonds is 11. The smallest absolute Gasteiger partial charge is 0.296 e. The minimum Gasteiger partial charge on any atom is -0.494 e. The Bertz CT molecular complexity index is 1260. The molecular formula is C26H30N4O3S. The predicted octanol–water partition coefficient (Wildman–Crippen LogP) is 4.53. The number of hydrogen-bond donors (Lipinski definition) is 0. The minimum atomic E-state index is -0.292. The van der Waals surface area contributed by atoms with E-state index in [0.717, 1.165) is 48.0 Å². The summed E-state index contributed by atoms with van der Waals surface area (Å²) in [6.45, 7) is 10.5. The third-order valence-corrected chi connectivity index (χ3v) is 6.49. The molecule has 0 saturated heterocycles. The Hall–Kier alpha value is -3.23. The van der Waals surface area contributed by atoms with Crippen LogP contribution in [0.15, 0.2) is 58.7 Å². The number of thiazole rings is 1. The molecule has 0 aliphatic carbocycles. The lowest BCUT2D eigenvalue weighted by Crippen LogP contribution is -2.27. The van der Waals surface area contributed by atoms with Gasteiger partial charge in [0.05, 0.1) is 12.3 Å².